The van der Waals surface area contributed by atoms with Crippen LogP contribution in [0.5, 0.6) is 0 Å². The van der Waals surface area contributed by atoms with E-state index in [1.54, 1.807) is 6.33 Å². The fraction of sp³-hybridized carbons (Fsp3) is 0.423. The van der Waals surface area contributed by atoms with E-state index in [-0.39, 0.29) is 23.3 Å². The summed E-state index contributed by atoms with van der Waals surface area (Å²) in [5, 5.41) is 11.1. The number of nitrogens with one attached hydrogen (secondary N) is 1. The summed E-state index contributed by atoms with van der Waals surface area (Å²) in [7, 11) is 0. The lowest BCUT2D eigenvalue weighted by Crippen LogP contribution is -2.40. The smallest absolute Gasteiger partial charge is 0.292 e. The van der Waals surface area contributed by atoms with Crippen LogP contribution in [0.25, 0.3) is 16.8 Å². The van der Waals surface area contributed by atoms with E-state index in [1.165, 1.54) is 0 Å². The van der Waals surface area contributed by atoms with Crippen molar-refractivity contribution in [3.05, 3.63) is 59.6 Å². The predicted octanol–water partition coefficient (Wildman–Crippen LogP) is 3.54. The summed E-state index contributed by atoms with van der Waals surface area (Å²) in [6.45, 7) is 12.7. The molecule has 5 rings (SSSR count). The number of anilines is 1. The maximum atomic E-state index is 12.5. The van der Waals surface area contributed by atoms with Gasteiger partial charge in [0.15, 0.2) is 0 Å². The highest BCUT2D eigenvalue weighted by Gasteiger charge is 2.24. The standard InChI is InChI=1S/C26H31N7O3/c1-16-10-18(6-7-19(16)12-27-24(34)23-30-25(36-31-23)26(3,4)5)22-21-11-20(14-33(21)29-15-28-22)32-8-9-35-17(2)13-32/h6-7,10-11,14-15,17H,8-9,12-13H2,1-5H3,(H,27,34)/t17-/m1/s1. The van der Waals surface area contributed by atoms with Gasteiger partial charge in [0.05, 0.1) is 35.8 Å². The molecule has 10 heteroatoms. The first kappa shape index (κ1) is 23.9. The third kappa shape index (κ3) is 4.81. The first-order chi connectivity index (χ1) is 17.2. The molecular formula is C26H31N7O3. The average Bonchev–Trinajstić information content (AvgIpc) is 3.51. The molecule has 4 heterocycles. The number of ether oxygens (including phenoxy) is 1. The van der Waals surface area contributed by atoms with Gasteiger partial charge < -0.3 is 19.5 Å². The quantitative estimate of drug-likeness (QED) is 0.453. The molecule has 0 aliphatic carbocycles. The molecule has 1 fully saturated rings. The van der Waals surface area contributed by atoms with Crippen molar-refractivity contribution in [3.63, 3.8) is 0 Å². The van der Waals surface area contributed by atoms with Crippen LogP contribution in [0, 0.1) is 6.92 Å². The van der Waals surface area contributed by atoms with Gasteiger partial charge in [-0.2, -0.15) is 10.1 Å². The van der Waals surface area contributed by atoms with Gasteiger partial charge in [0.25, 0.3) is 11.7 Å². The van der Waals surface area contributed by atoms with E-state index in [9.17, 15) is 4.79 Å². The second-order valence-electron chi connectivity index (χ2n) is 10.3. The van der Waals surface area contributed by atoms with Crippen LogP contribution >= 0.6 is 0 Å². The zero-order chi connectivity index (χ0) is 25.4. The van der Waals surface area contributed by atoms with Gasteiger partial charge in [-0.05, 0) is 37.1 Å². The third-order valence-electron chi connectivity index (χ3n) is 6.32. The number of carbonyl (C=O) groups excluding carboxylic acids is 1. The fourth-order valence-corrected chi connectivity index (χ4v) is 4.28. The second kappa shape index (κ2) is 9.34. The van der Waals surface area contributed by atoms with Crippen molar-refractivity contribution in [2.45, 2.75) is 52.7 Å². The molecule has 0 saturated carbocycles. The van der Waals surface area contributed by atoms with E-state index >= 15 is 0 Å². The van der Waals surface area contributed by atoms with Crippen molar-refractivity contribution in [3.8, 4) is 11.3 Å². The molecule has 1 aliphatic rings. The molecule has 0 unspecified atom stereocenters. The number of amides is 1. The average molecular weight is 490 g/mol. The summed E-state index contributed by atoms with van der Waals surface area (Å²) < 4.78 is 12.8. The number of carbonyl (C=O) groups is 1. The van der Waals surface area contributed by atoms with Gasteiger partial charge in [0.2, 0.25) is 5.89 Å². The van der Waals surface area contributed by atoms with Crippen molar-refractivity contribution in [2.75, 3.05) is 24.6 Å². The van der Waals surface area contributed by atoms with Crippen molar-refractivity contribution in [1.29, 1.82) is 0 Å². The van der Waals surface area contributed by atoms with Gasteiger partial charge in [-0.1, -0.05) is 38.1 Å². The minimum absolute atomic E-state index is 0.0382. The van der Waals surface area contributed by atoms with E-state index in [4.69, 9.17) is 9.26 Å². The molecular weight excluding hydrogens is 458 g/mol. The lowest BCUT2D eigenvalue weighted by Gasteiger charge is -2.31. The zero-order valence-corrected chi connectivity index (χ0v) is 21.3. The van der Waals surface area contributed by atoms with Crippen LogP contribution in [0.15, 0.2) is 41.3 Å². The highest BCUT2D eigenvalue weighted by Crippen LogP contribution is 2.29. The molecule has 1 aromatic carbocycles. The van der Waals surface area contributed by atoms with E-state index < -0.39 is 0 Å². The van der Waals surface area contributed by atoms with Gasteiger partial charge in [0, 0.05) is 30.6 Å². The number of fused-ring (bicyclic) bond motifs is 1. The van der Waals surface area contributed by atoms with Crippen molar-refractivity contribution in [2.24, 2.45) is 0 Å². The number of rotatable bonds is 5. The normalized spacial score (nSPS) is 16.5. The summed E-state index contributed by atoms with van der Waals surface area (Å²) in [5.41, 5.74) is 5.63. The lowest BCUT2D eigenvalue weighted by molar-refractivity contribution is 0.0532. The first-order valence-electron chi connectivity index (χ1n) is 12.1. The number of benzene rings is 1. The molecule has 4 aromatic rings. The van der Waals surface area contributed by atoms with Crippen LogP contribution in [-0.2, 0) is 16.7 Å². The zero-order valence-electron chi connectivity index (χ0n) is 21.3. The van der Waals surface area contributed by atoms with Crippen LogP contribution in [0.4, 0.5) is 5.69 Å². The topological polar surface area (TPSA) is 111 Å². The Morgan fingerprint density at radius 3 is 2.81 bits per heavy atom. The molecule has 0 bridgehead atoms. The Balaban J connectivity index is 1.33. The lowest BCUT2D eigenvalue weighted by atomic mass is 9.97. The number of aryl methyl sites for hydroxylation is 1. The van der Waals surface area contributed by atoms with Gasteiger partial charge >= 0.3 is 0 Å². The number of aromatic nitrogens is 5. The molecule has 36 heavy (non-hydrogen) atoms. The van der Waals surface area contributed by atoms with Gasteiger partial charge in [-0.25, -0.2) is 9.50 Å². The Kier molecular flexibility index (Phi) is 6.21. The van der Waals surface area contributed by atoms with E-state index in [2.05, 4.69) is 49.5 Å². The Morgan fingerprint density at radius 1 is 1.25 bits per heavy atom. The highest BCUT2D eigenvalue weighted by atomic mass is 16.5. The number of nitrogens with zero attached hydrogens (tertiary/aromatic N) is 6. The van der Waals surface area contributed by atoms with Crippen molar-refractivity contribution >= 4 is 17.1 Å². The molecule has 188 valence electrons. The molecule has 1 N–H and O–H groups in total. The van der Waals surface area contributed by atoms with Crippen LogP contribution in [0.2, 0.25) is 0 Å². The van der Waals surface area contributed by atoms with Gasteiger partial charge in [0.1, 0.15) is 6.33 Å². The third-order valence-corrected chi connectivity index (χ3v) is 6.32. The molecule has 1 saturated heterocycles. The summed E-state index contributed by atoms with van der Waals surface area (Å²) in [5.74, 6) is 0.102. The summed E-state index contributed by atoms with van der Waals surface area (Å²) in [6.07, 6.45) is 3.82. The summed E-state index contributed by atoms with van der Waals surface area (Å²) in [4.78, 5) is 23.7. The van der Waals surface area contributed by atoms with E-state index in [1.807, 2.05) is 50.5 Å². The molecule has 3 aromatic heterocycles. The summed E-state index contributed by atoms with van der Waals surface area (Å²) >= 11 is 0. The van der Waals surface area contributed by atoms with Crippen LogP contribution in [-0.4, -0.2) is 56.4 Å². The molecule has 1 atom stereocenters. The Hall–Kier alpha value is -3.79. The molecule has 1 amide bonds. The minimum atomic E-state index is -0.367. The van der Waals surface area contributed by atoms with Crippen molar-refractivity contribution < 1.29 is 14.1 Å². The SMILES string of the molecule is Cc1cc(-c2ncnn3cc(N4CCO[C@H](C)C4)cc23)ccc1CNC(=O)c1noc(C(C)(C)C)n1. The van der Waals surface area contributed by atoms with Gasteiger partial charge in [-0.3, -0.25) is 4.79 Å². The maximum absolute atomic E-state index is 12.5. The van der Waals surface area contributed by atoms with Crippen LogP contribution in [0.3, 0.4) is 0 Å². The fourth-order valence-electron chi connectivity index (χ4n) is 4.28. The Bertz CT molecular complexity index is 1400. The van der Waals surface area contributed by atoms with Crippen LogP contribution in [0.1, 0.15) is 55.3 Å². The minimum Gasteiger partial charge on any atom is -0.375 e. The largest absolute Gasteiger partial charge is 0.375 e. The Morgan fingerprint density at radius 2 is 2.08 bits per heavy atom. The molecule has 1 aliphatic heterocycles. The summed E-state index contributed by atoms with van der Waals surface area (Å²) in [6, 6.07) is 8.24. The van der Waals surface area contributed by atoms with Crippen LogP contribution < -0.4 is 10.2 Å². The number of hydrogen-bond donors (Lipinski definition) is 1. The van der Waals surface area contributed by atoms with E-state index in [0.717, 1.165) is 46.7 Å². The molecule has 10 nitrogen and oxygen atoms in total. The van der Waals surface area contributed by atoms with Crippen molar-refractivity contribution in [1.82, 2.24) is 30.1 Å². The molecule has 0 radical (unpaired) electrons. The number of hydrogen-bond acceptors (Lipinski definition) is 8. The Labute approximate surface area is 209 Å². The maximum Gasteiger partial charge on any atom is 0.292 e. The second-order valence-corrected chi connectivity index (χ2v) is 10.3. The first-order valence-corrected chi connectivity index (χ1v) is 12.1. The predicted molar refractivity (Wildman–Crippen MR) is 135 cm³/mol. The van der Waals surface area contributed by atoms with E-state index in [0.29, 0.717) is 19.0 Å². The number of morpholine rings is 1. The molecule has 0 spiro atoms. The van der Waals surface area contributed by atoms with Gasteiger partial charge in [-0.15, -0.1) is 0 Å². The monoisotopic (exact) mass is 489 g/mol. The highest BCUT2D eigenvalue weighted by molar-refractivity contribution is 5.90.